The summed E-state index contributed by atoms with van der Waals surface area (Å²) in [6.07, 6.45) is 0.614. The molecule has 1 atom stereocenters. The van der Waals surface area contributed by atoms with Crippen LogP contribution in [-0.2, 0) is 4.79 Å². The van der Waals surface area contributed by atoms with Crippen LogP contribution in [0, 0.1) is 0 Å². The molecule has 0 radical (unpaired) electrons. The van der Waals surface area contributed by atoms with Gasteiger partial charge in [0.15, 0.2) is 0 Å². The number of benzene rings is 1. The summed E-state index contributed by atoms with van der Waals surface area (Å²) in [7, 11) is 0. The summed E-state index contributed by atoms with van der Waals surface area (Å²) in [4.78, 5) is 11.8. The minimum Gasteiger partial charge on any atom is -0.325 e. The molecule has 0 saturated carbocycles. The van der Waals surface area contributed by atoms with Crippen LogP contribution in [-0.4, -0.2) is 11.4 Å². The SMILES string of the molecule is CCC(C)(N)C(=O)Nc1ccc(C(C)C)cc1. The van der Waals surface area contributed by atoms with Crippen molar-refractivity contribution in [3.05, 3.63) is 29.8 Å². The van der Waals surface area contributed by atoms with Gasteiger partial charge >= 0.3 is 0 Å². The molecule has 0 aliphatic carbocycles. The van der Waals surface area contributed by atoms with Gasteiger partial charge in [-0.05, 0) is 37.0 Å². The zero-order chi connectivity index (χ0) is 13.1. The molecule has 1 aromatic carbocycles. The Morgan fingerprint density at radius 3 is 2.29 bits per heavy atom. The van der Waals surface area contributed by atoms with Gasteiger partial charge < -0.3 is 11.1 Å². The smallest absolute Gasteiger partial charge is 0.244 e. The van der Waals surface area contributed by atoms with E-state index < -0.39 is 5.54 Å². The number of amides is 1. The van der Waals surface area contributed by atoms with E-state index in [0.717, 1.165) is 5.69 Å². The molecule has 0 aliphatic heterocycles. The van der Waals surface area contributed by atoms with Crippen LogP contribution in [0.25, 0.3) is 0 Å². The minimum atomic E-state index is -0.809. The van der Waals surface area contributed by atoms with Crippen molar-refractivity contribution in [2.24, 2.45) is 5.73 Å². The first-order valence-electron chi connectivity index (χ1n) is 6.07. The highest BCUT2D eigenvalue weighted by atomic mass is 16.2. The number of anilines is 1. The maximum absolute atomic E-state index is 11.8. The fourth-order valence-electron chi connectivity index (χ4n) is 1.39. The summed E-state index contributed by atoms with van der Waals surface area (Å²) in [6, 6.07) is 7.89. The van der Waals surface area contributed by atoms with Gasteiger partial charge in [0.05, 0.1) is 5.54 Å². The van der Waals surface area contributed by atoms with Crippen LogP contribution in [0.2, 0.25) is 0 Å². The standard InChI is InChI=1S/C14H22N2O/c1-5-14(4,15)13(17)16-12-8-6-11(7-9-12)10(2)3/h6-10H,5,15H2,1-4H3,(H,16,17). The summed E-state index contributed by atoms with van der Waals surface area (Å²) < 4.78 is 0. The normalized spacial score (nSPS) is 14.5. The zero-order valence-corrected chi connectivity index (χ0v) is 11.1. The van der Waals surface area contributed by atoms with Crippen molar-refractivity contribution in [3.63, 3.8) is 0 Å². The maximum atomic E-state index is 11.8. The summed E-state index contributed by atoms with van der Waals surface area (Å²) in [5.74, 6) is 0.354. The summed E-state index contributed by atoms with van der Waals surface area (Å²) in [6.45, 7) is 7.93. The molecular weight excluding hydrogens is 212 g/mol. The lowest BCUT2D eigenvalue weighted by Gasteiger charge is -2.21. The van der Waals surface area contributed by atoms with Crippen LogP contribution in [0.5, 0.6) is 0 Å². The highest BCUT2D eigenvalue weighted by Crippen LogP contribution is 2.18. The highest BCUT2D eigenvalue weighted by molar-refractivity contribution is 5.97. The molecular formula is C14H22N2O. The van der Waals surface area contributed by atoms with Crippen molar-refractivity contribution < 1.29 is 4.79 Å². The third-order valence-electron chi connectivity index (χ3n) is 3.09. The second-order valence-corrected chi connectivity index (χ2v) is 5.00. The van der Waals surface area contributed by atoms with Gasteiger partial charge in [0.2, 0.25) is 5.91 Å². The lowest BCUT2D eigenvalue weighted by Crippen LogP contribution is -2.47. The Morgan fingerprint density at radius 2 is 1.88 bits per heavy atom. The van der Waals surface area contributed by atoms with Crippen molar-refractivity contribution in [3.8, 4) is 0 Å². The largest absolute Gasteiger partial charge is 0.325 e. The summed E-state index contributed by atoms with van der Waals surface area (Å²) >= 11 is 0. The van der Waals surface area contributed by atoms with E-state index in [2.05, 4.69) is 19.2 Å². The van der Waals surface area contributed by atoms with Crippen molar-refractivity contribution in [2.75, 3.05) is 5.32 Å². The molecule has 1 aromatic rings. The third kappa shape index (κ3) is 3.56. The Balaban J connectivity index is 2.73. The molecule has 1 unspecified atom stereocenters. The lowest BCUT2D eigenvalue weighted by molar-refractivity contribution is -0.120. The van der Waals surface area contributed by atoms with E-state index in [0.29, 0.717) is 12.3 Å². The number of carbonyl (C=O) groups is 1. The lowest BCUT2D eigenvalue weighted by atomic mass is 9.99. The molecule has 3 N–H and O–H groups in total. The molecule has 1 amide bonds. The molecule has 0 fully saturated rings. The van der Waals surface area contributed by atoms with E-state index in [1.165, 1.54) is 5.56 Å². The highest BCUT2D eigenvalue weighted by Gasteiger charge is 2.25. The molecule has 17 heavy (non-hydrogen) atoms. The van der Waals surface area contributed by atoms with Crippen LogP contribution in [0.1, 0.15) is 45.6 Å². The van der Waals surface area contributed by atoms with Crippen LogP contribution in [0.3, 0.4) is 0 Å². The van der Waals surface area contributed by atoms with Crippen LogP contribution < -0.4 is 11.1 Å². The van der Waals surface area contributed by atoms with E-state index >= 15 is 0 Å². The predicted molar refractivity (Wildman–Crippen MR) is 72.0 cm³/mol. The molecule has 0 bridgehead atoms. The van der Waals surface area contributed by atoms with Gasteiger partial charge in [-0.2, -0.15) is 0 Å². The second-order valence-electron chi connectivity index (χ2n) is 5.00. The fraction of sp³-hybridized carbons (Fsp3) is 0.500. The minimum absolute atomic E-state index is 0.141. The van der Waals surface area contributed by atoms with Crippen LogP contribution >= 0.6 is 0 Å². The number of carbonyl (C=O) groups excluding carboxylic acids is 1. The number of hydrogen-bond donors (Lipinski definition) is 2. The molecule has 0 heterocycles. The molecule has 0 saturated heterocycles. The first kappa shape index (κ1) is 13.7. The van der Waals surface area contributed by atoms with E-state index in [1.807, 2.05) is 31.2 Å². The number of rotatable bonds is 4. The van der Waals surface area contributed by atoms with E-state index in [-0.39, 0.29) is 5.91 Å². The molecule has 94 valence electrons. The average Bonchev–Trinajstić information content (AvgIpc) is 2.29. The third-order valence-corrected chi connectivity index (χ3v) is 3.09. The molecule has 0 spiro atoms. The van der Waals surface area contributed by atoms with Crippen molar-refractivity contribution >= 4 is 11.6 Å². The zero-order valence-electron chi connectivity index (χ0n) is 11.1. The quantitative estimate of drug-likeness (QED) is 0.841. The first-order chi connectivity index (χ1) is 7.86. The van der Waals surface area contributed by atoms with Gasteiger partial charge in [0.1, 0.15) is 0 Å². The number of nitrogens with one attached hydrogen (secondary N) is 1. The van der Waals surface area contributed by atoms with E-state index in [1.54, 1.807) is 6.92 Å². The molecule has 3 heteroatoms. The predicted octanol–water partition coefficient (Wildman–Crippen LogP) is 2.88. The summed E-state index contributed by atoms with van der Waals surface area (Å²) in [5.41, 5.74) is 7.12. The molecule has 3 nitrogen and oxygen atoms in total. The van der Waals surface area contributed by atoms with E-state index in [9.17, 15) is 4.79 Å². The van der Waals surface area contributed by atoms with Crippen molar-refractivity contribution in [2.45, 2.75) is 45.6 Å². The Bertz CT molecular complexity index is 380. The van der Waals surface area contributed by atoms with Gasteiger partial charge in [-0.15, -0.1) is 0 Å². The van der Waals surface area contributed by atoms with Gasteiger partial charge in [-0.3, -0.25) is 4.79 Å². The Labute approximate surface area is 103 Å². The maximum Gasteiger partial charge on any atom is 0.244 e. The van der Waals surface area contributed by atoms with Crippen LogP contribution in [0.4, 0.5) is 5.69 Å². The van der Waals surface area contributed by atoms with Crippen LogP contribution in [0.15, 0.2) is 24.3 Å². The number of hydrogen-bond acceptors (Lipinski definition) is 2. The number of nitrogens with two attached hydrogens (primary N) is 1. The Kier molecular flexibility index (Phi) is 4.29. The molecule has 0 aromatic heterocycles. The van der Waals surface area contributed by atoms with Crippen molar-refractivity contribution in [1.29, 1.82) is 0 Å². The van der Waals surface area contributed by atoms with Gasteiger partial charge in [0.25, 0.3) is 0 Å². The topological polar surface area (TPSA) is 55.1 Å². The molecule has 0 aliphatic rings. The summed E-state index contributed by atoms with van der Waals surface area (Å²) in [5, 5.41) is 2.84. The molecule has 1 rings (SSSR count). The average molecular weight is 234 g/mol. The monoisotopic (exact) mass is 234 g/mol. The fourth-order valence-corrected chi connectivity index (χ4v) is 1.39. The Morgan fingerprint density at radius 1 is 1.35 bits per heavy atom. The van der Waals surface area contributed by atoms with E-state index in [4.69, 9.17) is 5.73 Å². The Hall–Kier alpha value is -1.35. The van der Waals surface area contributed by atoms with Gasteiger partial charge in [-0.25, -0.2) is 0 Å². The first-order valence-corrected chi connectivity index (χ1v) is 6.07. The van der Waals surface area contributed by atoms with Gasteiger partial charge in [0, 0.05) is 5.69 Å². The van der Waals surface area contributed by atoms with Crippen molar-refractivity contribution in [1.82, 2.24) is 0 Å². The second kappa shape index (κ2) is 5.32. The van der Waals surface area contributed by atoms with Gasteiger partial charge in [-0.1, -0.05) is 32.9 Å².